The van der Waals surface area contributed by atoms with Gasteiger partial charge in [-0.25, -0.2) is 9.78 Å². The molecule has 0 aromatic carbocycles. The van der Waals surface area contributed by atoms with Crippen molar-refractivity contribution in [1.29, 1.82) is 0 Å². The van der Waals surface area contributed by atoms with E-state index in [-0.39, 0.29) is 12.0 Å². The van der Waals surface area contributed by atoms with Gasteiger partial charge in [-0.1, -0.05) is 6.58 Å². The van der Waals surface area contributed by atoms with Crippen LogP contribution in [0.1, 0.15) is 12.6 Å². The van der Waals surface area contributed by atoms with Gasteiger partial charge in [0, 0.05) is 23.9 Å². The van der Waals surface area contributed by atoms with E-state index >= 15 is 0 Å². The third-order valence-corrected chi connectivity index (χ3v) is 1.97. The summed E-state index contributed by atoms with van der Waals surface area (Å²) in [7, 11) is 0. The van der Waals surface area contributed by atoms with E-state index in [0.29, 0.717) is 5.69 Å². The normalized spacial score (nSPS) is 11.8. The summed E-state index contributed by atoms with van der Waals surface area (Å²) >= 11 is 0. The number of imidazole rings is 1. The number of carbonyl (C=O) groups is 2. The monoisotopic (exact) mass is 223 g/mol. The molecule has 6 heteroatoms. The minimum atomic E-state index is -1.09. The highest BCUT2D eigenvalue weighted by atomic mass is 16.4. The van der Waals surface area contributed by atoms with E-state index in [1.165, 1.54) is 19.4 Å². The van der Waals surface area contributed by atoms with Gasteiger partial charge in [0.15, 0.2) is 0 Å². The number of carboxylic acid groups (broad SMARTS) is 1. The Kier molecular flexibility index (Phi) is 3.82. The number of aliphatic carboxylic acids is 1. The quantitative estimate of drug-likeness (QED) is 0.617. The Labute approximate surface area is 92.4 Å². The fourth-order valence-corrected chi connectivity index (χ4v) is 1.10. The van der Waals surface area contributed by atoms with Gasteiger partial charge in [0.05, 0.1) is 6.33 Å². The standard InChI is InChI=1S/C10H13N3O3/c1-6(2)9(14)13-8(10(15)16)3-7-4-11-5-12-7/h4-5,8H,1,3H2,2H3,(H,11,12)(H,13,14)(H,15,16)/t8-/m1/s1. The number of hydrogen-bond donors (Lipinski definition) is 3. The minimum absolute atomic E-state index is 0.161. The fourth-order valence-electron chi connectivity index (χ4n) is 1.10. The van der Waals surface area contributed by atoms with Crippen LogP contribution < -0.4 is 5.32 Å². The molecule has 86 valence electrons. The smallest absolute Gasteiger partial charge is 0.326 e. The van der Waals surface area contributed by atoms with Crippen molar-refractivity contribution >= 4 is 11.9 Å². The predicted molar refractivity (Wildman–Crippen MR) is 56.7 cm³/mol. The Bertz CT molecular complexity index is 397. The maximum atomic E-state index is 11.3. The van der Waals surface area contributed by atoms with Crippen molar-refractivity contribution in [3.8, 4) is 0 Å². The second-order valence-corrected chi connectivity index (χ2v) is 3.43. The number of rotatable bonds is 5. The molecule has 1 atom stereocenters. The molecule has 0 bridgehead atoms. The van der Waals surface area contributed by atoms with Crippen LogP contribution in [0.15, 0.2) is 24.7 Å². The van der Waals surface area contributed by atoms with E-state index in [0.717, 1.165) is 0 Å². The van der Waals surface area contributed by atoms with E-state index < -0.39 is 17.9 Å². The molecule has 0 aliphatic heterocycles. The van der Waals surface area contributed by atoms with Crippen molar-refractivity contribution in [2.75, 3.05) is 0 Å². The van der Waals surface area contributed by atoms with Gasteiger partial charge < -0.3 is 15.4 Å². The third-order valence-electron chi connectivity index (χ3n) is 1.97. The van der Waals surface area contributed by atoms with Gasteiger partial charge in [-0.3, -0.25) is 4.79 Å². The Morgan fingerprint density at radius 1 is 1.69 bits per heavy atom. The molecule has 0 saturated carbocycles. The average molecular weight is 223 g/mol. The van der Waals surface area contributed by atoms with E-state index in [9.17, 15) is 9.59 Å². The first-order chi connectivity index (χ1) is 7.50. The summed E-state index contributed by atoms with van der Waals surface area (Å²) in [6.45, 7) is 4.96. The van der Waals surface area contributed by atoms with Gasteiger partial charge in [-0.2, -0.15) is 0 Å². The number of amides is 1. The van der Waals surface area contributed by atoms with Crippen LogP contribution in [0, 0.1) is 0 Å². The summed E-state index contributed by atoms with van der Waals surface area (Å²) in [4.78, 5) is 28.7. The van der Waals surface area contributed by atoms with Crippen molar-refractivity contribution in [3.05, 3.63) is 30.4 Å². The molecule has 1 rings (SSSR count). The topological polar surface area (TPSA) is 95.1 Å². The zero-order valence-corrected chi connectivity index (χ0v) is 8.86. The number of carbonyl (C=O) groups excluding carboxylic acids is 1. The minimum Gasteiger partial charge on any atom is -0.480 e. The van der Waals surface area contributed by atoms with Crippen LogP contribution in [0.2, 0.25) is 0 Å². The van der Waals surface area contributed by atoms with Crippen LogP contribution in [-0.2, 0) is 16.0 Å². The first-order valence-electron chi connectivity index (χ1n) is 4.67. The molecule has 0 aliphatic rings. The maximum absolute atomic E-state index is 11.3. The van der Waals surface area contributed by atoms with Gasteiger partial charge in [0.1, 0.15) is 6.04 Å². The Hall–Kier alpha value is -2.11. The van der Waals surface area contributed by atoms with Crippen molar-refractivity contribution in [2.45, 2.75) is 19.4 Å². The van der Waals surface area contributed by atoms with Gasteiger partial charge in [0.25, 0.3) is 0 Å². The third kappa shape index (κ3) is 3.23. The highest BCUT2D eigenvalue weighted by Crippen LogP contribution is 2.00. The summed E-state index contributed by atoms with van der Waals surface area (Å²) in [5.41, 5.74) is 0.922. The summed E-state index contributed by atoms with van der Waals surface area (Å²) in [5, 5.41) is 11.3. The number of hydrogen-bond acceptors (Lipinski definition) is 3. The number of nitrogens with zero attached hydrogens (tertiary/aromatic N) is 1. The lowest BCUT2D eigenvalue weighted by molar-refractivity contribution is -0.141. The zero-order valence-electron chi connectivity index (χ0n) is 8.86. The molecule has 1 amide bonds. The molecular weight excluding hydrogens is 210 g/mol. The van der Waals surface area contributed by atoms with E-state index in [2.05, 4.69) is 21.9 Å². The Morgan fingerprint density at radius 2 is 2.38 bits per heavy atom. The molecule has 16 heavy (non-hydrogen) atoms. The second kappa shape index (κ2) is 5.11. The molecular formula is C10H13N3O3. The van der Waals surface area contributed by atoms with E-state index in [1.807, 2.05) is 0 Å². The lowest BCUT2D eigenvalue weighted by Crippen LogP contribution is -2.42. The average Bonchev–Trinajstić information content (AvgIpc) is 2.68. The van der Waals surface area contributed by atoms with E-state index in [1.54, 1.807) is 0 Å². The predicted octanol–water partition coefficient (Wildman–Crippen LogP) is 0.0977. The summed E-state index contributed by atoms with van der Waals surface area (Å²) in [6, 6.07) is -0.982. The molecule has 6 nitrogen and oxygen atoms in total. The highest BCUT2D eigenvalue weighted by molar-refractivity contribution is 5.94. The molecule has 1 aromatic heterocycles. The number of aromatic nitrogens is 2. The molecule has 0 aliphatic carbocycles. The van der Waals surface area contributed by atoms with Crippen molar-refractivity contribution in [1.82, 2.24) is 15.3 Å². The molecule has 0 spiro atoms. The van der Waals surface area contributed by atoms with Crippen LogP contribution in [0.4, 0.5) is 0 Å². The molecule has 1 heterocycles. The van der Waals surface area contributed by atoms with Crippen molar-refractivity contribution in [3.63, 3.8) is 0 Å². The second-order valence-electron chi connectivity index (χ2n) is 3.43. The lowest BCUT2D eigenvalue weighted by atomic mass is 10.1. The number of nitrogens with one attached hydrogen (secondary N) is 2. The molecule has 3 N–H and O–H groups in total. The van der Waals surface area contributed by atoms with Crippen LogP contribution in [-0.4, -0.2) is 33.0 Å². The van der Waals surface area contributed by atoms with Crippen LogP contribution in [0.25, 0.3) is 0 Å². The Balaban J connectivity index is 2.65. The summed E-state index contributed by atoms with van der Waals surface area (Å²) in [6.07, 6.45) is 3.13. The number of carboxylic acids is 1. The zero-order chi connectivity index (χ0) is 12.1. The highest BCUT2D eigenvalue weighted by Gasteiger charge is 2.20. The number of H-pyrrole nitrogens is 1. The molecule has 0 unspecified atom stereocenters. The first-order valence-corrected chi connectivity index (χ1v) is 4.67. The maximum Gasteiger partial charge on any atom is 0.326 e. The molecule has 0 radical (unpaired) electrons. The number of aromatic amines is 1. The van der Waals surface area contributed by atoms with Crippen LogP contribution in [0.5, 0.6) is 0 Å². The first kappa shape index (κ1) is 12.0. The SMILES string of the molecule is C=C(C)C(=O)N[C@H](Cc1cnc[nH]1)C(=O)O. The van der Waals surface area contributed by atoms with Crippen LogP contribution >= 0.6 is 0 Å². The van der Waals surface area contributed by atoms with Crippen LogP contribution in [0.3, 0.4) is 0 Å². The van der Waals surface area contributed by atoms with Gasteiger partial charge >= 0.3 is 5.97 Å². The van der Waals surface area contributed by atoms with Crippen molar-refractivity contribution < 1.29 is 14.7 Å². The summed E-state index contributed by atoms with van der Waals surface area (Å²) in [5.74, 6) is -1.56. The van der Waals surface area contributed by atoms with E-state index in [4.69, 9.17) is 5.11 Å². The molecule has 1 aromatic rings. The Morgan fingerprint density at radius 3 is 2.81 bits per heavy atom. The largest absolute Gasteiger partial charge is 0.480 e. The molecule has 0 fully saturated rings. The molecule has 0 saturated heterocycles. The lowest BCUT2D eigenvalue weighted by Gasteiger charge is -2.13. The van der Waals surface area contributed by atoms with Gasteiger partial charge in [-0.15, -0.1) is 0 Å². The van der Waals surface area contributed by atoms with Gasteiger partial charge in [-0.05, 0) is 6.92 Å². The van der Waals surface area contributed by atoms with Gasteiger partial charge in [0.2, 0.25) is 5.91 Å². The van der Waals surface area contributed by atoms with Crippen molar-refractivity contribution in [2.24, 2.45) is 0 Å². The fraction of sp³-hybridized carbons (Fsp3) is 0.300. The summed E-state index contributed by atoms with van der Waals surface area (Å²) < 4.78 is 0.